The summed E-state index contributed by atoms with van der Waals surface area (Å²) in [6, 6.07) is 1.39. The number of aromatic nitrogens is 1. The Bertz CT molecular complexity index is 387. The molecule has 1 rings (SSSR count). The van der Waals surface area contributed by atoms with E-state index in [1.54, 1.807) is 0 Å². The molecule has 0 unspecified atom stereocenters. The molecule has 1 aromatic rings. The lowest BCUT2D eigenvalue weighted by Gasteiger charge is -2.07. The first-order valence-electron chi connectivity index (χ1n) is 3.58. The molecule has 1 heterocycles. The smallest absolute Gasteiger partial charge is 0.268 e. The van der Waals surface area contributed by atoms with E-state index in [4.69, 9.17) is 10.4 Å². The molecule has 1 aromatic heterocycles. The number of pyridine rings is 1. The second-order valence-corrected chi connectivity index (χ2v) is 2.42. The lowest BCUT2D eigenvalue weighted by molar-refractivity contribution is 0.140. The molecule has 0 amide bonds. The number of hydrogen-bond acceptors (Lipinski definition) is 3. The van der Waals surface area contributed by atoms with Crippen molar-refractivity contribution < 1.29 is 18.3 Å². The normalized spacial score (nSPS) is 10.3. The van der Waals surface area contributed by atoms with Gasteiger partial charge < -0.3 is 5.11 Å². The van der Waals surface area contributed by atoms with Gasteiger partial charge in [0, 0.05) is 6.20 Å². The summed E-state index contributed by atoms with van der Waals surface area (Å²) in [5.41, 5.74) is -2.01. The quantitative estimate of drug-likeness (QED) is 0.790. The first kappa shape index (κ1) is 10.5. The largest absolute Gasteiger partial charge is 0.390 e. The Balaban J connectivity index is 3.41. The molecule has 3 nitrogen and oxygen atoms in total. The molecule has 0 saturated heterocycles. The Labute approximate surface area is 77.4 Å². The van der Waals surface area contributed by atoms with Gasteiger partial charge in [0.1, 0.15) is 11.6 Å². The molecular weight excluding hydrogens is 197 g/mol. The van der Waals surface area contributed by atoms with Crippen molar-refractivity contribution in [2.45, 2.75) is 13.0 Å². The fraction of sp³-hybridized carbons (Fsp3) is 0.250. The lowest BCUT2D eigenvalue weighted by atomic mass is 10.1. The number of rotatable bonds is 2. The SMILES string of the molecule is N#Cc1cnc(CO)c(C(F)F)c1F. The number of hydrogen-bond donors (Lipinski definition) is 1. The Hall–Kier alpha value is -1.61. The summed E-state index contributed by atoms with van der Waals surface area (Å²) in [6.07, 6.45) is -2.29. The maximum Gasteiger partial charge on any atom is 0.268 e. The summed E-state index contributed by atoms with van der Waals surface area (Å²) < 4.78 is 37.7. The van der Waals surface area contributed by atoms with Crippen molar-refractivity contribution in [3.63, 3.8) is 0 Å². The Morgan fingerprint density at radius 3 is 2.64 bits per heavy atom. The van der Waals surface area contributed by atoms with E-state index in [-0.39, 0.29) is 0 Å². The topological polar surface area (TPSA) is 56.9 Å². The highest BCUT2D eigenvalue weighted by Crippen LogP contribution is 2.26. The van der Waals surface area contributed by atoms with Gasteiger partial charge in [0.05, 0.1) is 17.9 Å². The molecule has 0 spiro atoms. The third kappa shape index (κ3) is 1.67. The number of nitrogens with zero attached hydrogens (tertiary/aromatic N) is 2. The van der Waals surface area contributed by atoms with Gasteiger partial charge in [-0.25, -0.2) is 13.2 Å². The van der Waals surface area contributed by atoms with Crippen molar-refractivity contribution >= 4 is 0 Å². The van der Waals surface area contributed by atoms with E-state index in [9.17, 15) is 13.2 Å². The molecule has 0 radical (unpaired) electrons. The van der Waals surface area contributed by atoms with Crippen molar-refractivity contribution in [1.29, 1.82) is 5.26 Å². The van der Waals surface area contributed by atoms with E-state index >= 15 is 0 Å². The predicted molar refractivity (Wildman–Crippen MR) is 39.8 cm³/mol. The van der Waals surface area contributed by atoms with E-state index in [1.807, 2.05) is 0 Å². The van der Waals surface area contributed by atoms with Crippen LogP contribution in [0.15, 0.2) is 6.20 Å². The Morgan fingerprint density at radius 1 is 1.57 bits per heavy atom. The molecule has 6 heteroatoms. The summed E-state index contributed by atoms with van der Waals surface area (Å²) in [7, 11) is 0. The van der Waals surface area contributed by atoms with Crippen LogP contribution in [0, 0.1) is 17.1 Å². The van der Waals surface area contributed by atoms with E-state index in [2.05, 4.69) is 4.98 Å². The van der Waals surface area contributed by atoms with Gasteiger partial charge in [0.15, 0.2) is 5.82 Å². The van der Waals surface area contributed by atoms with Crippen LogP contribution < -0.4 is 0 Å². The average Bonchev–Trinajstić information content (AvgIpc) is 2.16. The minimum Gasteiger partial charge on any atom is -0.390 e. The average molecular weight is 202 g/mol. The zero-order valence-corrected chi connectivity index (χ0v) is 6.84. The van der Waals surface area contributed by atoms with E-state index in [1.165, 1.54) is 6.07 Å². The van der Waals surface area contributed by atoms with Crippen molar-refractivity contribution in [2.24, 2.45) is 0 Å². The van der Waals surface area contributed by atoms with E-state index < -0.39 is 35.7 Å². The van der Waals surface area contributed by atoms with Crippen molar-refractivity contribution in [2.75, 3.05) is 0 Å². The van der Waals surface area contributed by atoms with Crippen LogP contribution in [0.1, 0.15) is 23.2 Å². The highest BCUT2D eigenvalue weighted by atomic mass is 19.3. The van der Waals surface area contributed by atoms with Gasteiger partial charge in [-0.15, -0.1) is 0 Å². The fourth-order valence-electron chi connectivity index (χ4n) is 0.966. The fourth-order valence-corrected chi connectivity index (χ4v) is 0.966. The number of aliphatic hydroxyl groups excluding tert-OH is 1. The van der Waals surface area contributed by atoms with Gasteiger partial charge in [0.2, 0.25) is 0 Å². The summed E-state index contributed by atoms with van der Waals surface area (Å²) in [5.74, 6) is -1.32. The molecule has 0 aromatic carbocycles. The van der Waals surface area contributed by atoms with Crippen LogP contribution >= 0.6 is 0 Å². The molecule has 0 aliphatic heterocycles. The Morgan fingerprint density at radius 2 is 2.21 bits per heavy atom. The summed E-state index contributed by atoms with van der Waals surface area (Å²) >= 11 is 0. The maximum atomic E-state index is 13.1. The maximum absolute atomic E-state index is 13.1. The van der Waals surface area contributed by atoms with E-state index in [0.717, 1.165) is 6.20 Å². The van der Waals surface area contributed by atoms with Gasteiger partial charge in [-0.3, -0.25) is 4.98 Å². The van der Waals surface area contributed by atoms with Crippen LogP contribution in [0.4, 0.5) is 13.2 Å². The molecule has 1 N–H and O–H groups in total. The standard InChI is InChI=1S/C8H5F3N2O/c9-7-4(1-12)2-13-5(3-14)6(7)8(10)11/h2,8,14H,3H2. The molecule has 0 atom stereocenters. The molecule has 0 fully saturated rings. The number of nitriles is 1. The monoisotopic (exact) mass is 202 g/mol. The minimum absolute atomic E-state index is 0.448. The van der Waals surface area contributed by atoms with E-state index in [0.29, 0.717) is 0 Å². The highest BCUT2D eigenvalue weighted by molar-refractivity contribution is 5.35. The van der Waals surface area contributed by atoms with Gasteiger partial charge in [-0.2, -0.15) is 5.26 Å². The minimum atomic E-state index is -3.10. The second kappa shape index (κ2) is 4.07. The van der Waals surface area contributed by atoms with Crippen LogP contribution in [0.5, 0.6) is 0 Å². The Kier molecular flexibility index (Phi) is 3.04. The lowest BCUT2D eigenvalue weighted by Crippen LogP contribution is -2.04. The van der Waals surface area contributed by atoms with Crippen molar-refractivity contribution in [3.05, 3.63) is 28.8 Å². The van der Waals surface area contributed by atoms with Crippen LogP contribution in [-0.2, 0) is 6.61 Å². The highest BCUT2D eigenvalue weighted by Gasteiger charge is 2.21. The molecule has 0 saturated carbocycles. The number of halogens is 3. The predicted octanol–water partition coefficient (Wildman–Crippen LogP) is 1.52. The van der Waals surface area contributed by atoms with Gasteiger partial charge in [-0.1, -0.05) is 0 Å². The van der Waals surface area contributed by atoms with Crippen molar-refractivity contribution in [1.82, 2.24) is 4.98 Å². The molecule has 0 aliphatic carbocycles. The number of alkyl halides is 2. The van der Waals surface area contributed by atoms with Gasteiger partial charge in [0.25, 0.3) is 6.43 Å². The molecule has 14 heavy (non-hydrogen) atoms. The van der Waals surface area contributed by atoms with Crippen LogP contribution in [-0.4, -0.2) is 10.1 Å². The van der Waals surface area contributed by atoms with Crippen molar-refractivity contribution in [3.8, 4) is 6.07 Å². The summed E-state index contributed by atoms with van der Waals surface area (Å²) in [5, 5.41) is 17.0. The zero-order chi connectivity index (χ0) is 10.7. The molecule has 0 bridgehead atoms. The first-order valence-corrected chi connectivity index (χ1v) is 3.58. The molecule has 74 valence electrons. The molecule has 0 aliphatic rings. The summed E-state index contributed by atoms with van der Waals surface area (Å²) in [6.45, 7) is -0.789. The first-order chi connectivity index (χ1) is 6.61. The zero-order valence-electron chi connectivity index (χ0n) is 6.84. The van der Waals surface area contributed by atoms with Crippen LogP contribution in [0.3, 0.4) is 0 Å². The summed E-state index contributed by atoms with van der Waals surface area (Å²) in [4.78, 5) is 3.36. The third-order valence-electron chi connectivity index (χ3n) is 1.62. The van der Waals surface area contributed by atoms with Crippen LogP contribution in [0.2, 0.25) is 0 Å². The van der Waals surface area contributed by atoms with Gasteiger partial charge in [-0.05, 0) is 0 Å². The van der Waals surface area contributed by atoms with Gasteiger partial charge >= 0.3 is 0 Å². The number of aliphatic hydroxyl groups is 1. The second-order valence-electron chi connectivity index (χ2n) is 2.42. The third-order valence-corrected chi connectivity index (χ3v) is 1.62. The molecular formula is C8H5F3N2O. The van der Waals surface area contributed by atoms with Crippen LogP contribution in [0.25, 0.3) is 0 Å².